The van der Waals surface area contributed by atoms with Crippen molar-refractivity contribution in [1.82, 2.24) is 20.6 Å². The average Bonchev–Trinajstić information content (AvgIpc) is 3.41. The Hall–Kier alpha value is -3.86. The fourth-order valence-corrected chi connectivity index (χ4v) is 6.41. The molecule has 5 N–H and O–H groups in total. The molecule has 3 heterocycles. The number of carbonyl (C=O) groups is 2. The molecule has 43 heavy (non-hydrogen) atoms. The number of aliphatic hydroxyl groups excluding tert-OH is 1. The van der Waals surface area contributed by atoms with Crippen LogP contribution in [0.5, 0.6) is 0 Å². The van der Waals surface area contributed by atoms with E-state index in [0.717, 1.165) is 46.2 Å². The SMILES string of the molecule is CC(C)(C)[C@H]1CCc2nc3sc(C(=O)N[C@H](CCNCCO)c4ccc(-c5ccc(=O)[nH]c5)cc4)cc3cc2C1.O=CO. The lowest BCUT2D eigenvalue weighted by atomic mass is 9.71. The van der Waals surface area contributed by atoms with Gasteiger partial charge in [0.15, 0.2) is 0 Å². The standard InChI is InChI=1S/C32H38N4O3S.CH2O2/c1-32(2,3)25-9-10-26-23(17-25)16-24-18-28(40-31(24)36-26)30(39)35-27(12-13-33-14-15-37)21-6-4-20(5-7-21)22-8-11-29(38)34-19-22;2-1-3/h4-8,11,16,18-19,25,27,33,37H,9-10,12-15,17H2,1-3H3,(H,34,38)(H,35,39);1H,(H,2,3)/t25-,27+;/m0./s1. The molecule has 1 aliphatic rings. The average molecular weight is 605 g/mol. The van der Waals surface area contributed by atoms with Gasteiger partial charge in [-0.25, -0.2) is 4.98 Å². The fourth-order valence-electron chi connectivity index (χ4n) is 5.47. The third kappa shape index (κ3) is 8.37. The van der Waals surface area contributed by atoms with Crippen LogP contribution < -0.4 is 16.2 Å². The maximum atomic E-state index is 13.5. The number of H-pyrrole nitrogens is 1. The summed E-state index contributed by atoms with van der Waals surface area (Å²) in [4.78, 5) is 42.5. The molecule has 0 radical (unpaired) electrons. The van der Waals surface area contributed by atoms with Crippen molar-refractivity contribution in [2.75, 3.05) is 19.7 Å². The smallest absolute Gasteiger partial charge is 0.290 e. The van der Waals surface area contributed by atoms with E-state index in [4.69, 9.17) is 20.0 Å². The maximum Gasteiger partial charge on any atom is 0.290 e. The van der Waals surface area contributed by atoms with Gasteiger partial charge in [-0.1, -0.05) is 45.0 Å². The summed E-state index contributed by atoms with van der Waals surface area (Å²) in [5, 5.41) is 23.5. The highest BCUT2D eigenvalue weighted by Crippen LogP contribution is 2.38. The van der Waals surface area contributed by atoms with Gasteiger partial charge in [0.05, 0.1) is 17.5 Å². The van der Waals surface area contributed by atoms with E-state index in [1.807, 2.05) is 30.3 Å². The molecule has 4 aromatic rings. The van der Waals surface area contributed by atoms with Crippen molar-refractivity contribution in [3.63, 3.8) is 0 Å². The molecule has 1 aromatic carbocycles. The van der Waals surface area contributed by atoms with E-state index in [9.17, 15) is 9.59 Å². The number of nitrogens with zero attached hydrogens (tertiary/aromatic N) is 1. The fraction of sp³-hybridized carbons (Fsp3) is 0.394. The van der Waals surface area contributed by atoms with E-state index in [-0.39, 0.29) is 36.0 Å². The Kier molecular flexibility index (Phi) is 10.8. The molecule has 2 atom stereocenters. The number of amides is 1. The summed E-state index contributed by atoms with van der Waals surface area (Å²) in [6, 6.07) is 15.4. The molecular weight excluding hydrogens is 564 g/mol. The second-order valence-electron chi connectivity index (χ2n) is 11.9. The monoisotopic (exact) mass is 604 g/mol. The van der Waals surface area contributed by atoms with E-state index in [0.29, 0.717) is 30.3 Å². The highest BCUT2D eigenvalue weighted by atomic mass is 32.1. The van der Waals surface area contributed by atoms with E-state index in [2.05, 4.69) is 42.5 Å². The first kappa shape index (κ1) is 32.1. The van der Waals surface area contributed by atoms with Crippen molar-refractivity contribution in [2.45, 2.75) is 52.5 Å². The van der Waals surface area contributed by atoms with E-state index < -0.39 is 0 Å². The van der Waals surface area contributed by atoms with Crippen LogP contribution >= 0.6 is 11.3 Å². The Bertz CT molecular complexity index is 1570. The molecule has 0 unspecified atom stereocenters. The second kappa shape index (κ2) is 14.5. The van der Waals surface area contributed by atoms with Crippen LogP contribution in [0.4, 0.5) is 0 Å². The van der Waals surface area contributed by atoms with Gasteiger partial charge in [0.2, 0.25) is 5.56 Å². The van der Waals surface area contributed by atoms with Gasteiger partial charge < -0.3 is 25.8 Å². The lowest BCUT2D eigenvalue weighted by Crippen LogP contribution is -2.31. The molecule has 0 aliphatic heterocycles. The number of thiophene rings is 1. The van der Waals surface area contributed by atoms with E-state index >= 15 is 0 Å². The summed E-state index contributed by atoms with van der Waals surface area (Å²) >= 11 is 1.45. The van der Waals surface area contributed by atoms with Gasteiger partial charge in [0, 0.05) is 29.9 Å². The Morgan fingerprint density at radius 3 is 2.51 bits per heavy atom. The molecule has 0 bridgehead atoms. The second-order valence-corrected chi connectivity index (χ2v) is 12.9. The highest BCUT2D eigenvalue weighted by Gasteiger charge is 2.30. The summed E-state index contributed by atoms with van der Waals surface area (Å²) in [5.41, 5.74) is 5.53. The van der Waals surface area contributed by atoms with Crippen molar-refractivity contribution in [3.8, 4) is 11.1 Å². The van der Waals surface area contributed by atoms with Crippen molar-refractivity contribution in [2.24, 2.45) is 11.3 Å². The van der Waals surface area contributed by atoms with Gasteiger partial charge in [-0.15, -0.1) is 11.3 Å². The maximum absolute atomic E-state index is 13.5. The summed E-state index contributed by atoms with van der Waals surface area (Å²) in [6.07, 6.45) is 5.56. The zero-order chi connectivity index (χ0) is 31.0. The van der Waals surface area contributed by atoms with Gasteiger partial charge in [-0.3, -0.25) is 14.4 Å². The lowest BCUT2D eigenvalue weighted by molar-refractivity contribution is -0.122. The number of aromatic amines is 1. The number of hydrogen-bond donors (Lipinski definition) is 5. The lowest BCUT2D eigenvalue weighted by Gasteiger charge is -2.34. The molecule has 1 aliphatic carbocycles. The molecule has 3 aromatic heterocycles. The van der Waals surface area contributed by atoms with Crippen LogP contribution in [0.3, 0.4) is 0 Å². The number of nitrogens with one attached hydrogen (secondary N) is 3. The van der Waals surface area contributed by atoms with Gasteiger partial charge in [0.1, 0.15) is 4.83 Å². The number of benzene rings is 1. The van der Waals surface area contributed by atoms with Gasteiger partial charge in [-0.05, 0) is 84.0 Å². The van der Waals surface area contributed by atoms with E-state index in [1.54, 1.807) is 12.3 Å². The molecule has 10 heteroatoms. The number of carbonyl (C=O) groups excluding carboxylic acids is 1. The molecule has 9 nitrogen and oxygen atoms in total. The summed E-state index contributed by atoms with van der Waals surface area (Å²) in [5.74, 6) is 0.529. The molecular formula is C33H40N4O5S. The largest absolute Gasteiger partial charge is 0.483 e. The van der Waals surface area contributed by atoms with Crippen LogP contribution in [0.15, 0.2) is 59.5 Å². The number of aliphatic hydroxyl groups is 1. The van der Waals surface area contributed by atoms with Crippen LogP contribution in [0.1, 0.15) is 66.1 Å². The first-order chi connectivity index (χ1) is 20.6. The minimum absolute atomic E-state index is 0.0696. The highest BCUT2D eigenvalue weighted by molar-refractivity contribution is 7.20. The van der Waals surface area contributed by atoms with Crippen molar-refractivity contribution in [1.29, 1.82) is 0 Å². The van der Waals surface area contributed by atoms with Crippen LogP contribution in [-0.2, 0) is 17.6 Å². The van der Waals surface area contributed by atoms with Crippen LogP contribution in [-0.4, -0.2) is 52.3 Å². The van der Waals surface area contributed by atoms with Crippen molar-refractivity contribution in [3.05, 3.63) is 86.8 Å². The Morgan fingerprint density at radius 2 is 1.86 bits per heavy atom. The number of rotatable bonds is 9. The van der Waals surface area contributed by atoms with Gasteiger partial charge in [-0.2, -0.15) is 0 Å². The third-order valence-electron chi connectivity index (χ3n) is 7.96. The molecule has 228 valence electrons. The molecule has 5 rings (SSSR count). The van der Waals surface area contributed by atoms with Crippen molar-refractivity contribution < 1.29 is 19.8 Å². The molecule has 0 spiro atoms. The quantitative estimate of drug-likeness (QED) is 0.134. The Labute approximate surface area is 255 Å². The van der Waals surface area contributed by atoms with Crippen molar-refractivity contribution >= 4 is 33.9 Å². The first-order valence-corrected chi connectivity index (χ1v) is 15.4. The first-order valence-electron chi connectivity index (χ1n) is 14.5. The summed E-state index contributed by atoms with van der Waals surface area (Å²) < 4.78 is 0. The number of aryl methyl sites for hydroxylation is 1. The minimum atomic E-state index is -0.250. The predicted octanol–water partition coefficient (Wildman–Crippen LogP) is 4.95. The Balaban J connectivity index is 0.00000135. The molecule has 0 saturated carbocycles. The number of aromatic nitrogens is 2. The number of pyridine rings is 2. The summed E-state index contributed by atoms with van der Waals surface area (Å²) in [6.45, 7) is 7.93. The molecule has 1 amide bonds. The van der Waals surface area contributed by atoms with Crippen LogP contribution in [0.25, 0.3) is 21.3 Å². The van der Waals surface area contributed by atoms with Gasteiger partial charge >= 0.3 is 0 Å². The zero-order valence-corrected chi connectivity index (χ0v) is 25.7. The molecule has 0 saturated heterocycles. The van der Waals surface area contributed by atoms with Crippen LogP contribution in [0.2, 0.25) is 0 Å². The van der Waals surface area contributed by atoms with Crippen LogP contribution in [0, 0.1) is 11.3 Å². The third-order valence-corrected chi connectivity index (χ3v) is 9.00. The normalized spacial score (nSPS) is 15.2. The summed E-state index contributed by atoms with van der Waals surface area (Å²) in [7, 11) is 0. The number of carboxylic acid groups (broad SMARTS) is 1. The topological polar surface area (TPSA) is 144 Å². The van der Waals surface area contributed by atoms with E-state index in [1.165, 1.54) is 28.7 Å². The zero-order valence-electron chi connectivity index (χ0n) is 24.9. The number of hydrogen-bond acceptors (Lipinski definition) is 7. The minimum Gasteiger partial charge on any atom is -0.483 e. The Morgan fingerprint density at radius 1 is 1.14 bits per heavy atom. The van der Waals surface area contributed by atoms with Gasteiger partial charge in [0.25, 0.3) is 12.4 Å². The number of fused-ring (bicyclic) bond motifs is 2. The predicted molar refractivity (Wildman–Crippen MR) is 171 cm³/mol. The molecule has 0 fully saturated rings.